The van der Waals surface area contributed by atoms with Crippen LogP contribution < -0.4 is 15.2 Å². The lowest BCUT2D eigenvalue weighted by atomic mass is 10.1. The zero-order valence-electron chi connectivity index (χ0n) is 15.0. The molecular weight excluding hydrogens is 399 g/mol. The summed E-state index contributed by atoms with van der Waals surface area (Å²) in [7, 11) is -2.83. The number of sulfonamides is 1. The number of H-pyrrole nitrogens is 1. The van der Waals surface area contributed by atoms with Crippen LogP contribution in [0.5, 0.6) is 5.75 Å². The Morgan fingerprint density at radius 1 is 1.14 bits per heavy atom. The number of ether oxygens (including phenoxy) is 1. The highest BCUT2D eigenvalue weighted by molar-refractivity contribution is 7.92. The first-order chi connectivity index (χ1) is 13.9. The van der Waals surface area contributed by atoms with E-state index in [0.29, 0.717) is 17.2 Å². The second kappa shape index (κ2) is 7.02. The van der Waals surface area contributed by atoms with Crippen LogP contribution in [0.2, 0.25) is 0 Å². The maximum atomic E-state index is 14.0. The highest BCUT2D eigenvalue weighted by Gasteiger charge is 2.20. The molecule has 0 saturated carbocycles. The van der Waals surface area contributed by atoms with E-state index < -0.39 is 20.7 Å². The summed E-state index contributed by atoms with van der Waals surface area (Å²) in [6.45, 7) is 0. The number of nitrogens with one attached hydrogen (secondary N) is 2. The molecule has 29 heavy (non-hydrogen) atoms. The van der Waals surface area contributed by atoms with Gasteiger partial charge in [0, 0.05) is 17.0 Å². The third kappa shape index (κ3) is 3.55. The Hall–Kier alpha value is -3.73. The Bertz CT molecular complexity index is 1310. The summed E-state index contributed by atoms with van der Waals surface area (Å²) in [5, 5.41) is 7.51. The summed E-state index contributed by atoms with van der Waals surface area (Å²) in [6.07, 6.45) is 2.59. The van der Waals surface area contributed by atoms with E-state index in [-0.39, 0.29) is 11.4 Å². The summed E-state index contributed by atoms with van der Waals surface area (Å²) in [5.41, 5.74) is 7.25. The molecule has 0 bridgehead atoms. The third-order valence-corrected chi connectivity index (χ3v) is 5.58. The Labute approximate surface area is 164 Å². The predicted octanol–water partition coefficient (Wildman–Crippen LogP) is 2.55. The lowest BCUT2D eigenvalue weighted by Gasteiger charge is -2.10. The van der Waals surface area contributed by atoms with Crippen molar-refractivity contribution in [3.8, 4) is 17.1 Å². The molecule has 0 atom stereocenters. The number of rotatable bonds is 5. The summed E-state index contributed by atoms with van der Waals surface area (Å²) < 4.78 is 46.2. The molecule has 0 amide bonds. The minimum atomic E-state index is -4.19. The smallest absolute Gasteiger partial charge is 0.265 e. The monoisotopic (exact) mass is 414 g/mol. The van der Waals surface area contributed by atoms with Crippen LogP contribution in [0.1, 0.15) is 0 Å². The fraction of sp³-hybridized carbons (Fsp3) is 0.0556. The third-order valence-electron chi connectivity index (χ3n) is 4.18. The Balaban J connectivity index is 1.60. The molecule has 0 spiro atoms. The number of anilines is 2. The zero-order chi connectivity index (χ0) is 20.6. The van der Waals surface area contributed by atoms with Gasteiger partial charge in [-0.15, -0.1) is 0 Å². The zero-order valence-corrected chi connectivity index (χ0v) is 15.9. The van der Waals surface area contributed by atoms with Crippen molar-refractivity contribution in [2.75, 3.05) is 17.6 Å². The highest BCUT2D eigenvalue weighted by Crippen LogP contribution is 2.25. The molecule has 2 aromatic carbocycles. The van der Waals surface area contributed by atoms with Crippen LogP contribution in [0, 0.1) is 5.82 Å². The average Bonchev–Trinajstić information content (AvgIpc) is 3.09. The molecule has 0 radical (unpaired) electrons. The molecular formula is C18H15FN6O3S. The van der Waals surface area contributed by atoms with Gasteiger partial charge in [0.15, 0.2) is 11.6 Å². The molecule has 0 aliphatic heterocycles. The van der Waals surface area contributed by atoms with Crippen LogP contribution in [0.3, 0.4) is 0 Å². The number of hydrogen-bond donors (Lipinski definition) is 3. The Morgan fingerprint density at radius 2 is 1.90 bits per heavy atom. The number of nitrogens with two attached hydrogens (primary N) is 1. The quantitative estimate of drug-likeness (QED) is 0.456. The first kappa shape index (κ1) is 18.6. The summed E-state index contributed by atoms with van der Waals surface area (Å²) >= 11 is 0. The Kier molecular flexibility index (Phi) is 4.51. The molecule has 0 unspecified atom stereocenters. The van der Waals surface area contributed by atoms with Gasteiger partial charge in [-0.25, -0.2) is 22.8 Å². The van der Waals surface area contributed by atoms with Gasteiger partial charge in [-0.05, 0) is 24.3 Å². The van der Waals surface area contributed by atoms with E-state index in [0.717, 1.165) is 23.0 Å². The topological polar surface area (TPSA) is 136 Å². The molecule has 4 N–H and O–H groups in total. The number of fused-ring (bicyclic) bond motifs is 1. The van der Waals surface area contributed by atoms with Gasteiger partial charge in [-0.3, -0.25) is 9.82 Å². The maximum Gasteiger partial charge on any atom is 0.265 e. The second-order valence-electron chi connectivity index (χ2n) is 6.07. The number of halogens is 1. The molecule has 148 valence electrons. The highest BCUT2D eigenvalue weighted by atomic mass is 32.2. The van der Waals surface area contributed by atoms with Crippen LogP contribution in [-0.4, -0.2) is 35.7 Å². The largest absolute Gasteiger partial charge is 0.497 e. The first-order valence-electron chi connectivity index (χ1n) is 8.30. The van der Waals surface area contributed by atoms with Gasteiger partial charge in [-0.2, -0.15) is 5.10 Å². The van der Waals surface area contributed by atoms with E-state index in [1.54, 1.807) is 18.2 Å². The number of aromatic nitrogens is 4. The lowest BCUT2D eigenvalue weighted by molar-refractivity contribution is 0.411. The number of benzene rings is 2. The number of hydrogen-bond acceptors (Lipinski definition) is 7. The van der Waals surface area contributed by atoms with Crippen molar-refractivity contribution in [3.05, 3.63) is 54.6 Å². The first-order valence-corrected chi connectivity index (χ1v) is 9.78. The molecule has 0 fully saturated rings. The molecule has 4 rings (SSSR count). The minimum absolute atomic E-state index is 0.0860. The van der Waals surface area contributed by atoms with Gasteiger partial charge < -0.3 is 10.5 Å². The fourth-order valence-electron chi connectivity index (χ4n) is 2.74. The van der Waals surface area contributed by atoms with Gasteiger partial charge in [-0.1, -0.05) is 6.07 Å². The average molecular weight is 414 g/mol. The van der Waals surface area contributed by atoms with Crippen molar-refractivity contribution >= 4 is 32.4 Å². The van der Waals surface area contributed by atoms with Crippen LogP contribution in [0.4, 0.5) is 15.9 Å². The molecule has 2 aromatic heterocycles. The van der Waals surface area contributed by atoms with Gasteiger partial charge in [0.05, 0.1) is 30.7 Å². The summed E-state index contributed by atoms with van der Waals surface area (Å²) in [6, 6.07) is 8.79. The molecule has 4 aromatic rings. The van der Waals surface area contributed by atoms with E-state index in [9.17, 15) is 12.8 Å². The maximum absolute atomic E-state index is 14.0. The minimum Gasteiger partial charge on any atom is -0.497 e. The number of nitrogen functional groups attached to an aromatic ring is 1. The van der Waals surface area contributed by atoms with Crippen LogP contribution in [0.15, 0.2) is 53.7 Å². The van der Waals surface area contributed by atoms with Crippen molar-refractivity contribution in [1.82, 2.24) is 20.2 Å². The van der Waals surface area contributed by atoms with E-state index in [1.807, 2.05) is 0 Å². The SMILES string of the molecule is COc1ccc(F)c(S(=O)(=O)Nc2cnc(-c3ccc4c(N)n[nH]c4c3)nc2)c1. The second-order valence-corrected chi connectivity index (χ2v) is 7.72. The van der Waals surface area contributed by atoms with Crippen molar-refractivity contribution in [3.63, 3.8) is 0 Å². The molecule has 9 nitrogen and oxygen atoms in total. The normalized spacial score (nSPS) is 11.5. The van der Waals surface area contributed by atoms with Gasteiger partial charge in [0.25, 0.3) is 10.0 Å². The number of aromatic amines is 1. The van der Waals surface area contributed by atoms with E-state index in [2.05, 4.69) is 24.9 Å². The summed E-state index contributed by atoms with van der Waals surface area (Å²) in [4.78, 5) is 7.81. The number of methoxy groups -OCH3 is 1. The molecule has 0 saturated heterocycles. The van der Waals surface area contributed by atoms with Gasteiger partial charge in [0.1, 0.15) is 16.5 Å². The van der Waals surface area contributed by atoms with Gasteiger partial charge in [0.2, 0.25) is 0 Å². The Morgan fingerprint density at radius 3 is 2.62 bits per heavy atom. The van der Waals surface area contributed by atoms with Crippen LogP contribution in [-0.2, 0) is 10.0 Å². The van der Waals surface area contributed by atoms with Gasteiger partial charge >= 0.3 is 0 Å². The molecule has 2 heterocycles. The molecule has 11 heteroatoms. The number of nitrogens with zero attached hydrogens (tertiary/aromatic N) is 3. The molecule has 0 aliphatic rings. The van der Waals surface area contributed by atoms with Crippen LogP contribution in [0.25, 0.3) is 22.3 Å². The van der Waals surface area contributed by atoms with Crippen molar-refractivity contribution < 1.29 is 17.5 Å². The van der Waals surface area contributed by atoms with Crippen LogP contribution >= 0.6 is 0 Å². The van der Waals surface area contributed by atoms with E-state index >= 15 is 0 Å². The van der Waals surface area contributed by atoms with E-state index in [1.165, 1.54) is 25.6 Å². The fourth-order valence-corrected chi connectivity index (χ4v) is 3.86. The standard InChI is InChI=1S/C18H15FN6O3S/c1-28-12-3-5-14(19)16(7-12)29(26,27)25-11-8-21-18(22-9-11)10-2-4-13-15(6-10)23-24-17(13)20/h2-9,25H,1H3,(H3,20,23,24). The van der Waals surface area contributed by atoms with Crippen molar-refractivity contribution in [2.45, 2.75) is 4.90 Å². The predicted molar refractivity (Wildman–Crippen MR) is 105 cm³/mol. The van der Waals surface area contributed by atoms with Crippen molar-refractivity contribution in [2.24, 2.45) is 0 Å². The summed E-state index contributed by atoms with van der Waals surface area (Å²) in [5.74, 6) is 0.0776. The van der Waals surface area contributed by atoms with E-state index in [4.69, 9.17) is 10.5 Å². The lowest BCUT2D eigenvalue weighted by Crippen LogP contribution is -2.15. The van der Waals surface area contributed by atoms with Crippen molar-refractivity contribution in [1.29, 1.82) is 0 Å². The molecule has 0 aliphatic carbocycles.